The Morgan fingerprint density at radius 2 is 1.64 bits per heavy atom. The molecule has 47 heavy (non-hydrogen) atoms. The highest BCUT2D eigenvalue weighted by Gasteiger charge is 2.37. The number of piperidine rings is 1. The molecule has 1 aliphatic rings. The van der Waals surface area contributed by atoms with Gasteiger partial charge in [0.2, 0.25) is 23.4 Å². The lowest BCUT2D eigenvalue weighted by molar-refractivity contribution is -0.141. The molecule has 0 spiro atoms. The van der Waals surface area contributed by atoms with E-state index in [1.54, 1.807) is 7.05 Å². The number of amides is 2. The standard InChI is InChI=1S/C32H41F5N4O5S/c1-7-16(4)28(39-30(45)19-10-8-9-11-40(19)5)32(46)41(6)20(15(2)3)12-17(13-21(42)43)31-38-18(14-47-31)29(44)22-23(33)25(35)27(37)26(36)24(22)34/h14-17,19-20,28H,7-13H2,1-6H3,(H,39,45)(H,42,43)/t16-,17+,19+,20+,28-/m0/s1. The maximum absolute atomic E-state index is 14.3. The number of aromatic nitrogens is 1. The largest absolute Gasteiger partial charge is 0.481 e. The minimum absolute atomic E-state index is 0.0441. The summed E-state index contributed by atoms with van der Waals surface area (Å²) in [7, 11) is 3.44. The molecule has 3 rings (SSSR count). The van der Waals surface area contributed by atoms with Crippen molar-refractivity contribution in [2.45, 2.75) is 90.3 Å². The zero-order chi connectivity index (χ0) is 35.3. The number of hydrogen-bond acceptors (Lipinski definition) is 7. The maximum atomic E-state index is 14.3. The first-order valence-electron chi connectivity index (χ1n) is 15.5. The second-order valence-corrected chi connectivity index (χ2v) is 13.4. The fraction of sp³-hybridized carbons (Fsp3) is 0.594. The molecule has 1 aromatic heterocycles. The summed E-state index contributed by atoms with van der Waals surface area (Å²) >= 11 is 0.792. The number of likely N-dealkylation sites (N-methyl/N-ethyl adjacent to an activating group) is 2. The predicted octanol–water partition coefficient (Wildman–Crippen LogP) is 5.52. The number of carbonyl (C=O) groups excluding carboxylic acids is 3. The van der Waals surface area contributed by atoms with Crippen LogP contribution >= 0.6 is 11.3 Å². The van der Waals surface area contributed by atoms with Gasteiger partial charge in [0.1, 0.15) is 17.3 Å². The van der Waals surface area contributed by atoms with Gasteiger partial charge in [0.15, 0.2) is 23.3 Å². The summed E-state index contributed by atoms with van der Waals surface area (Å²) in [6.07, 6.45) is 2.70. The Kier molecular flexibility index (Phi) is 13.0. The van der Waals surface area contributed by atoms with Crippen LogP contribution in [-0.4, -0.2) is 82.2 Å². The van der Waals surface area contributed by atoms with E-state index in [1.807, 2.05) is 39.6 Å². The van der Waals surface area contributed by atoms with Crippen molar-refractivity contribution in [2.75, 3.05) is 20.6 Å². The number of likely N-dealkylation sites (tertiary alicyclic amines) is 1. The summed E-state index contributed by atoms with van der Waals surface area (Å²) in [5, 5.41) is 13.8. The summed E-state index contributed by atoms with van der Waals surface area (Å²) in [5.41, 5.74) is -2.29. The van der Waals surface area contributed by atoms with E-state index in [1.165, 1.54) is 4.90 Å². The van der Waals surface area contributed by atoms with Crippen LogP contribution in [0.1, 0.15) is 93.2 Å². The van der Waals surface area contributed by atoms with Gasteiger partial charge in [-0.15, -0.1) is 11.3 Å². The van der Waals surface area contributed by atoms with E-state index in [4.69, 9.17) is 0 Å². The average Bonchev–Trinajstić information content (AvgIpc) is 3.53. The fourth-order valence-corrected chi connectivity index (χ4v) is 6.80. The van der Waals surface area contributed by atoms with Crippen molar-refractivity contribution in [2.24, 2.45) is 11.8 Å². The Labute approximate surface area is 274 Å². The summed E-state index contributed by atoms with van der Waals surface area (Å²) < 4.78 is 69.8. The minimum atomic E-state index is -2.41. The van der Waals surface area contributed by atoms with Crippen molar-refractivity contribution >= 4 is 34.9 Å². The van der Waals surface area contributed by atoms with E-state index in [0.717, 1.165) is 36.1 Å². The number of carboxylic acids is 1. The van der Waals surface area contributed by atoms with E-state index >= 15 is 0 Å². The minimum Gasteiger partial charge on any atom is -0.481 e. The van der Waals surface area contributed by atoms with E-state index in [2.05, 4.69) is 10.3 Å². The van der Waals surface area contributed by atoms with Gasteiger partial charge in [-0.3, -0.25) is 24.1 Å². The zero-order valence-electron chi connectivity index (χ0n) is 27.2. The molecule has 2 amide bonds. The van der Waals surface area contributed by atoms with E-state index in [0.29, 0.717) is 12.8 Å². The van der Waals surface area contributed by atoms with Crippen LogP contribution in [0.25, 0.3) is 0 Å². The molecule has 1 aromatic carbocycles. The number of nitrogens with zero attached hydrogens (tertiary/aromatic N) is 3. The van der Waals surface area contributed by atoms with E-state index in [-0.39, 0.29) is 41.1 Å². The lowest BCUT2D eigenvalue weighted by Crippen LogP contribution is -2.58. The van der Waals surface area contributed by atoms with Crippen LogP contribution in [0.3, 0.4) is 0 Å². The van der Waals surface area contributed by atoms with Crippen LogP contribution in [0.4, 0.5) is 22.0 Å². The molecule has 2 aromatic rings. The van der Waals surface area contributed by atoms with Crippen molar-refractivity contribution in [3.8, 4) is 0 Å². The molecule has 1 fully saturated rings. The molecule has 0 saturated carbocycles. The molecule has 0 radical (unpaired) electrons. The van der Waals surface area contributed by atoms with Crippen molar-refractivity contribution in [3.05, 3.63) is 50.7 Å². The second-order valence-electron chi connectivity index (χ2n) is 12.5. The first kappa shape index (κ1) is 38.0. The SMILES string of the molecule is CC[C@H](C)[C@H](NC(=O)[C@H]1CCCCN1C)C(=O)N(C)[C@H](C[C@H](CC(=O)O)c1nc(C(=O)c2c(F)c(F)c(F)c(F)c2F)cs1)C(C)C. The molecular formula is C32H41F5N4O5S. The zero-order valence-corrected chi connectivity index (χ0v) is 28.0. The van der Waals surface area contributed by atoms with Crippen molar-refractivity contribution in [1.29, 1.82) is 0 Å². The summed E-state index contributed by atoms with van der Waals surface area (Å²) in [6.45, 7) is 8.20. The number of rotatable bonds is 14. The number of nitrogens with one attached hydrogen (secondary N) is 1. The number of thiazole rings is 1. The van der Waals surface area contributed by atoms with Crippen LogP contribution in [0, 0.1) is 40.9 Å². The normalized spacial score (nSPS) is 18.0. The lowest BCUT2D eigenvalue weighted by atomic mass is 9.88. The summed E-state index contributed by atoms with van der Waals surface area (Å²) in [4.78, 5) is 59.6. The van der Waals surface area contributed by atoms with Gasteiger partial charge >= 0.3 is 5.97 Å². The van der Waals surface area contributed by atoms with Gasteiger partial charge in [0.25, 0.3) is 0 Å². The first-order valence-corrected chi connectivity index (χ1v) is 16.4. The highest BCUT2D eigenvalue weighted by atomic mass is 32.1. The molecule has 2 heterocycles. The third kappa shape index (κ3) is 8.53. The Morgan fingerprint density at radius 3 is 2.17 bits per heavy atom. The molecule has 2 N–H and O–H groups in total. The molecule has 260 valence electrons. The third-order valence-corrected chi connectivity index (χ3v) is 9.96. The quantitative estimate of drug-likeness (QED) is 0.116. The Bertz CT molecular complexity index is 1460. The predicted molar refractivity (Wildman–Crippen MR) is 164 cm³/mol. The van der Waals surface area contributed by atoms with Crippen molar-refractivity contribution < 1.29 is 46.2 Å². The number of hydrogen-bond donors (Lipinski definition) is 2. The molecule has 9 nitrogen and oxygen atoms in total. The Balaban J connectivity index is 1.90. The van der Waals surface area contributed by atoms with Crippen molar-refractivity contribution in [1.82, 2.24) is 20.1 Å². The van der Waals surface area contributed by atoms with Crippen LogP contribution in [0.5, 0.6) is 0 Å². The van der Waals surface area contributed by atoms with E-state index < -0.39 is 76.5 Å². The topological polar surface area (TPSA) is 120 Å². The number of aliphatic carboxylic acids is 1. The number of ketones is 1. The van der Waals surface area contributed by atoms with Gasteiger partial charge in [-0.1, -0.05) is 40.5 Å². The van der Waals surface area contributed by atoms with Gasteiger partial charge in [0, 0.05) is 24.4 Å². The van der Waals surface area contributed by atoms with Crippen LogP contribution in [-0.2, 0) is 14.4 Å². The summed E-state index contributed by atoms with van der Waals surface area (Å²) in [5.74, 6) is -16.3. The number of halogens is 5. The van der Waals surface area contributed by atoms with Gasteiger partial charge in [0.05, 0.1) is 17.5 Å². The maximum Gasteiger partial charge on any atom is 0.304 e. The number of benzene rings is 1. The van der Waals surface area contributed by atoms with Crippen molar-refractivity contribution in [3.63, 3.8) is 0 Å². The monoisotopic (exact) mass is 688 g/mol. The fourth-order valence-electron chi connectivity index (χ4n) is 5.88. The van der Waals surface area contributed by atoms with Crippen LogP contribution in [0.2, 0.25) is 0 Å². The average molecular weight is 689 g/mol. The molecular weight excluding hydrogens is 647 g/mol. The lowest BCUT2D eigenvalue weighted by Gasteiger charge is -2.38. The molecule has 0 unspecified atom stereocenters. The highest BCUT2D eigenvalue weighted by molar-refractivity contribution is 7.10. The highest BCUT2D eigenvalue weighted by Crippen LogP contribution is 2.33. The Hall–Kier alpha value is -3.46. The molecule has 0 bridgehead atoms. The van der Waals surface area contributed by atoms with Gasteiger partial charge in [-0.05, 0) is 44.7 Å². The number of carboxylic acid groups (broad SMARTS) is 1. The van der Waals surface area contributed by atoms with Gasteiger partial charge in [-0.2, -0.15) is 0 Å². The number of carbonyl (C=O) groups is 4. The van der Waals surface area contributed by atoms with Crippen LogP contribution < -0.4 is 5.32 Å². The first-order chi connectivity index (χ1) is 22.0. The molecule has 1 aliphatic heterocycles. The third-order valence-electron chi connectivity index (χ3n) is 8.95. The van der Waals surface area contributed by atoms with E-state index in [9.17, 15) is 46.2 Å². The van der Waals surface area contributed by atoms with Gasteiger partial charge in [-0.25, -0.2) is 26.9 Å². The molecule has 0 aliphatic carbocycles. The molecule has 5 atom stereocenters. The van der Waals surface area contributed by atoms with Gasteiger partial charge < -0.3 is 15.3 Å². The molecule has 1 saturated heterocycles. The smallest absolute Gasteiger partial charge is 0.304 e. The van der Waals surface area contributed by atoms with Crippen LogP contribution in [0.15, 0.2) is 5.38 Å². The summed E-state index contributed by atoms with van der Waals surface area (Å²) in [6, 6.07) is -1.79. The molecule has 15 heteroatoms. The Morgan fingerprint density at radius 1 is 1.04 bits per heavy atom. The second kappa shape index (κ2) is 16.1.